The van der Waals surface area contributed by atoms with Gasteiger partial charge in [0.25, 0.3) is 0 Å². The fraction of sp³-hybridized carbons (Fsp3) is 0.545. The number of hydrogen-bond donors (Lipinski definition) is 0. The smallest absolute Gasteiger partial charge is 0.307 e. The van der Waals surface area contributed by atoms with Gasteiger partial charge in [0.15, 0.2) is 0 Å². The number of ether oxygens (including phenoxy) is 1. The Morgan fingerprint density at radius 3 is 2.31 bits per heavy atom. The summed E-state index contributed by atoms with van der Waals surface area (Å²) in [6, 6.07) is 0. The first kappa shape index (κ1) is 11.9. The molecular weight excluding hydrogens is 164 g/mol. The summed E-state index contributed by atoms with van der Waals surface area (Å²) < 4.78 is 5.09. The molecule has 2 heteroatoms. The van der Waals surface area contributed by atoms with E-state index in [1.54, 1.807) is 6.08 Å². The summed E-state index contributed by atoms with van der Waals surface area (Å²) in [7, 11) is 0. The van der Waals surface area contributed by atoms with Crippen LogP contribution in [-0.4, -0.2) is 5.97 Å². The van der Waals surface area contributed by atoms with Crippen LogP contribution in [-0.2, 0) is 9.53 Å². The normalized spacial score (nSPS) is 12.5. The van der Waals surface area contributed by atoms with E-state index in [1.165, 1.54) is 6.92 Å². The zero-order valence-electron chi connectivity index (χ0n) is 8.89. The van der Waals surface area contributed by atoms with Gasteiger partial charge in [-0.1, -0.05) is 26.8 Å². The number of carbonyl (C=O) groups is 1. The Labute approximate surface area is 80.3 Å². The van der Waals surface area contributed by atoms with E-state index in [0.717, 1.165) is 6.42 Å². The van der Waals surface area contributed by atoms with Gasteiger partial charge in [-0.25, -0.2) is 0 Å². The summed E-state index contributed by atoms with van der Waals surface area (Å²) in [6.07, 6.45) is 4.38. The molecule has 0 unspecified atom stereocenters. The van der Waals surface area contributed by atoms with Crippen molar-refractivity contribution >= 4 is 5.97 Å². The Hall–Kier alpha value is -1.05. The first-order valence-corrected chi connectivity index (χ1v) is 4.38. The van der Waals surface area contributed by atoms with Gasteiger partial charge in [0, 0.05) is 12.3 Å². The minimum absolute atomic E-state index is 0.130. The zero-order valence-corrected chi connectivity index (χ0v) is 8.89. The van der Waals surface area contributed by atoms with Gasteiger partial charge < -0.3 is 4.74 Å². The second kappa shape index (κ2) is 4.85. The highest BCUT2D eigenvalue weighted by atomic mass is 16.5. The average Bonchev–Trinajstić information content (AvgIpc) is 1.95. The summed E-state index contributed by atoms with van der Waals surface area (Å²) in [5.41, 5.74) is -0.130. The van der Waals surface area contributed by atoms with E-state index in [4.69, 9.17) is 4.74 Å². The molecule has 0 radical (unpaired) electrons. The Bertz CT molecular complexity index is 219. The number of rotatable bonds is 3. The van der Waals surface area contributed by atoms with Crippen molar-refractivity contribution in [3.8, 4) is 0 Å². The maximum Gasteiger partial charge on any atom is 0.307 e. The van der Waals surface area contributed by atoms with Crippen LogP contribution in [0.3, 0.4) is 0 Å². The molecule has 0 spiro atoms. The molecule has 74 valence electrons. The molecule has 0 heterocycles. The monoisotopic (exact) mass is 182 g/mol. The van der Waals surface area contributed by atoms with Crippen LogP contribution in [0.4, 0.5) is 0 Å². The van der Waals surface area contributed by atoms with E-state index in [1.807, 2.05) is 26.8 Å². The molecule has 0 amide bonds. The Morgan fingerprint density at radius 1 is 1.46 bits per heavy atom. The van der Waals surface area contributed by atoms with E-state index in [2.05, 4.69) is 6.58 Å². The minimum atomic E-state index is -0.273. The van der Waals surface area contributed by atoms with Crippen molar-refractivity contribution in [3.63, 3.8) is 0 Å². The molecular formula is C11H18O2. The summed E-state index contributed by atoms with van der Waals surface area (Å²) in [6.45, 7) is 11.0. The number of esters is 1. The molecule has 0 atom stereocenters. The molecule has 0 bridgehead atoms. The summed E-state index contributed by atoms with van der Waals surface area (Å²) in [5, 5.41) is 0. The van der Waals surface area contributed by atoms with Crippen molar-refractivity contribution < 1.29 is 9.53 Å². The van der Waals surface area contributed by atoms with Crippen LogP contribution >= 0.6 is 0 Å². The van der Waals surface area contributed by atoms with Crippen molar-refractivity contribution in [3.05, 3.63) is 24.5 Å². The second-order valence-electron chi connectivity index (χ2n) is 3.94. The van der Waals surface area contributed by atoms with Crippen LogP contribution in [0.2, 0.25) is 0 Å². The predicted molar refractivity (Wildman–Crippen MR) is 54.1 cm³/mol. The van der Waals surface area contributed by atoms with E-state index >= 15 is 0 Å². The molecule has 0 saturated heterocycles. The van der Waals surface area contributed by atoms with Crippen LogP contribution in [0.1, 0.15) is 34.1 Å². The summed E-state index contributed by atoms with van der Waals surface area (Å²) in [4.78, 5) is 10.8. The highest BCUT2D eigenvalue weighted by molar-refractivity contribution is 5.67. The molecule has 0 fully saturated rings. The molecule has 0 aliphatic heterocycles. The number of carbonyl (C=O) groups excluding carboxylic acids is 1. The lowest BCUT2D eigenvalue weighted by Crippen LogP contribution is -2.14. The van der Waals surface area contributed by atoms with Crippen LogP contribution in [0, 0.1) is 5.41 Å². The van der Waals surface area contributed by atoms with Crippen molar-refractivity contribution in [1.29, 1.82) is 0 Å². The second-order valence-corrected chi connectivity index (χ2v) is 3.94. The molecule has 0 N–H and O–H groups in total. The minimum Gasteiger partial charge on any atom is -0.431 e. The van der Waals surface area contributed by atoms with Gasteiger partial charge in [-0.15, -0.1) is 6.58 Å². The predicted octanol–water partition coefficient (Wildman–Crippen LogP) is 3.06. The maximum atomic E-state index is 10.8. The van der Waals surface area contributed by atoms with E-state index in [0.29, 0.717) is 5.76 Å². The highest BCUT2D eigenvalue weighted by Crippen LogP contribution is 2.26. The van der Waals surface area contributed by atoms with Crippen molar-refractivity contribution in [1.82, 2.24) is 0 Å². The lowest BCUT2D eigenvalue weighted by atomic mass is 9.93. The Balaban J connectivity index is 4.55. The number of allylic oxidation sites excluding steroid dienone is 3. The Kier molecular flexibility index (Phi) is 4.46. The lowest BCUT2D eigenvalue weighted by molar-refractivity contribution is -0.138. The van der Waals surface area contributed by atoms with Gasteiger partial charge in [0.2, 0.25) is 0 Å². The fourth-order valence-corrected chi connectivity index (χ4v) is 0.846. The van der Waals surface area contributed by atoms with Crippen molar-refractivity contribution in [2.75, 3.05) is 0 Å². The zero-order chi connectivity index (χ0) is 10.5. The topological polar surface area (TPSA) is 26.3 Å². The maximum absolute atomic E-state index is 10.8. The third-order valence-electron chi connectivity index (χ3n) is 1.46. The first-order chi connectivity index (χ1) is 5.88. The fourth-order valence-electron chi connectivity index (χ4n) is 0.846. The van der Waals surface area contributed by atoms with Gasteiger partial charge in [0.1, 0.15) is 5.76 Å². The molecule has 0 aliphatic carbocycles. The van der Waals surface area contributed by atoms with Crippen LogP contribution < -0.4 is 0 Å². The lowest BCUT2D eigenvalue weighted by Gasteiger charge is -2.21. The molecule has 0 aromatic rings. The van der Waals surface area contributed by atoms with Crippen LogP contribution in [0.15, 0.2) is 24.5 Å². The third kappa shape index (κ3) is 5.23. The molecule has 0 saturated carbocycles. The van der Waals surface area contributed by atoms with E-state index in [9.17, 15) is 4.79 Å². The summed E-state index contributed by atoms with van der Waals surface area (Å²) in [5.74, 6) is 0.435. The van der Waals surface area contributed by atoms with Crippen molar-refractivity contribution in [2.24, 2.45) is 5.41 Å². The average molecular weight is 182 g/mol. The van der Waals surface area contributed by atoms with Gasteiger partial charge in [-0.3, -0.25) is 4.79 Å². The standard InChI is InChI=1S/C11H18O2/c1-6-7-8-10(11(3,4)5)13-9(2)12/h6,8H,1,7H2,2-5H3. The molecule has 13 heavy (non-hydrogen) atoms. The van der Waals surface area contributed by atoms with Gasteiger partial charge >= 0.3 is 5.97 Å². The van der Waals surface area contributed by atoms with Gasteiger partial charge in [-0.05, 0) is 12.5 Å². The van der Waals surface area contributed by atoms with Gasteiger partial charge in [-0.2, -0.15) is 0 Å². The summed E-state index contributed by atoms with van der Waals surface area (Å²) >= 11 is 0. The third-order valence-corrected chi connectivity index (χ3v) is 1.46. The molecule has 2 nitrogen and oxygen atoms in total. The molecule has 0 aromatic carbocycles. The molecule has 0 rings (SSSR count). The van der Waals surface area contributed by atoms with Crippen LogP contribution in [0.25, 0.3) is 0 Å². The Morgan fingerprint density at radius 2 is 2.00 bits per heavy atom. The highest BCUT2D eigenvalue weighted by Gasteiger charge is 2.19. The SMILES string of the molecule is C=CCC=C(OC(C)=O)C(C)(C)C. The molecule has 0 aromatic heterocycles. The van der Waals surface area contributed by atoms with Crippen molar-refractivity contribution in [2.45, 2.75) is 34.1 Å². The quantitative estimate of drug-likeness (QED) is 0.381. The number of hydrogen-bond acceptors (Lipinski definition) is 2. The molecule has 0 aliphatic rings. The largest absolute Gasteiger partial charge is 0.431 e. The van der Waals surface area contributed by atoms with Gasteiger partial charge in [0.05, 0.1) is 0 Å². The van der Waals surface area contributed by atoms with E-state index in [-0.39, 0.29) is 11.4 Å². The van der Waals surface area contributed by atoms with Crippen LogP contribution in [0.5, 0.6) is 0 Å². The first-order valence-electron chi connectivity index (χ1n) is 4.38. The van der Waals surface area contributed by atoms with E-state index < -0.39 is 0 Å².